The number of halogens is 2. The van der Waals surface area contributed by atoms with E-state index in [4.69, 9.17) is 0 Å². The fourth-order valence-corrected chi connectivity index (χ4v) is 4.43. The van der Waals surface area contributed by atoms with E-state index in [0.717, 1.165) is 5.56 Å². The molecule has 0 saturated carbocycles. The minimum absolute atomic E-state index is 0.203. The predicted molar refractivity (Wildman–Crippen MR) is 116 cm³/mol. The Labute approximate surface area is 180 Å². The fourth-order valence-electron chi connectivity index (χ4n) is 3.50. The van der Waals surface area contributed by atoms with Gasteiger partial charge in [0.05, 0.1) is 17.4 Å². The van der Waals surface area contributed by atoms with Crippen molar-refractivity contribution < 1.29 is 8.78 Å². The molecule has 0 saturated heterocycles. The van der Waals surface area contributed by atoms with Crippen molar-refractivity contribution in [2.24, 2.45) is 0 Å². The molecule has 5 nitrogen and oxygen atoms in total. The molecule has 5 aromatic rings. The van der Waals surface area contributed by atoms with Crippen molar-refractivity contribution in [2.45, 2.75) is 17.5 Å². The zero-order valence-corrected chi connectivity index (χ0v) is 17.0. The predicted octanol–water partition coefficient (Wildman–Crippen LogP) is 4.66. The van der Waals surface area contributed by atoms with Gasteiger partial charge in [-0.25, -0.2) is 8.78 Å². The first-order valence-electron chi connectivity index (χ1n) is 9.59. The van der Waals surface area contributed by atoms with Gasteiger partial charge in [-0.2, -0.15) is 0 Å². The van der Waals surface area contributed by atoms with Crippen molar-refractivity contribution in [1.29, 1.82) is 0 Å². The number of nitrogens with zero attached hydrogens (tertiary/aromatic N) is 4. The van der Waals surface area contributed by atoms with Crippen molar-refractivity contribution in [3.8, 4) is 0 Å². The lowest BCUT2D eigenvalue weighted by molar-refractivity contribution is 0.617. The third-order valence-corrected chi connectivity index (χ3v) is 6.02. The second kappa shape index (κ2) is 7.96. The first kappa shape index (κ1) is 19.4. The van der Waals surface area contributed by atoms with Gasteiger partial charge >= 0.3 is 0 Å². The summed E-state index contributed by atoms with van der Waals surface area (Å²) in [6, 6.07) is 19.8. The van der Waals surface area contributed by atoms with Crippen LogP contribution in [0.25, 0.3) is 16.7 Å². The van der Waals surface area contributed by atoms with Crippen LogP contribution in [0.4, 0.5) is 8.78 Å². The summed E-state index contributed by atoms with van der Waals surface area (Å²) < 4.78 is 30.7. The molecule has 2 heterocycles. The van der Waals surface area contributed by atoms with E-state index in [-0.39, 0.29) is 23.7 Å². The zero-order valence-electron chi connectivity index (χ0n) is 16.2. The largest absolute Gasteiger partial charge is 0.272 e. The minimum atomic E-state index is -0.339. The second-order valence-electron chi connectivity index (χ2n) is 7.03. The first-order valence-corrected chi connectivity index (χ1v) is 10.6. The Balaban J connectivity index is 1.64. The van der Waals surface area contributed by atoms with Gasteiger partial charge in [-0.1, -0.05) is 54.2 Å². The number of fused-ring (bicyclic) bond motifs is 3. The van der Waals surface area contributed by atoms with Crippen molar-refractivity contribution in [3.05, 3.63) is 106 Å². The van der Waals surface area contributed by atoms with Crippen LogP contribution >= 0.6 is 11.8 Å². The molecule has 8 heteroatoms. The molecular weight excluding hydrogens is 418 g/mol. The minimum Gasteiger partial charge on any atom is -0.272 e. The van der Waals surface area contributed by atoms with Crippen molar-refractivity contribution in [1.82, 2.24) is 19.2 Å². The molecule has 0 N–H and O–H groups in total. The Kier molecular flexibility index (Phi) is 4.99. The van der Waals surface area contributed by atoms with Crippen molar-refractivity contribution in [2.75, 3.05) is 0 Å². The number of hydrogen-bond donors (Lipinski definition) is 0. The topological polar surface area (TPSA) is 52.2 Å². The van der Waals surface area contributed by atoms with Crippen LogP contribution in [0.3, 0.4) is 0 Å². The average molecular weight is 434 g/mol. The molecule has 0 unspecified atom stereocenters. The summed E-state index contributed by atoms with van der Waals surface area (Å²) in [5.41, 5.74) is 1.81. The molecule has 0 aliphatic rings. The maximum absolute atomic E-state index is 14.0. The van der Waals surface area contributed by atoms with Gasteiger partial charge in [-0.05, 0) is 41.5 Å². The Bertz CT molecular complexity index is 1460. The molecule has 5 rings (SSSR count). The highest BCUT2D eigenvalue weighted by Crippen LogP contribution is 2.25. The molecule has 2 aromatic heterocycles. The number of thioether (sulfide) groups is 1. The fraction of sp³-hybridized carbons (Fsp3) is 0.0870. The maximum Gasteiger partial charge on any atom is 0.263 e. The smallest absolute Gasteiger partial charge is 0.263 e. The molecule has 0 aliphatic carbocycles. The Morgan fingerprint density at radius 1 is 0.871 bits per heavy atom. The van der Waals surface area contributed by atoms with E-state index in [1.54, 1.807) is 42.5 Å². The van der Waals surface area contributed by atoms with E-state index in [9.17, 15) is 13.6 Å². The standard InChI is InChI=1S/C23H16F2N4OS/c24-17-11-9-15(10-12-17)13-28-21(30)18-6-2-4-8-20(18)29-22(28)26-27-23(29)31-14-16-5-1-3-7-19(16)25/h1-12H,13-14H2. The number of hydrogen-bond acceptors (Lipinski definition) is 4. The lowest BCUT2D eigenvalue weighted by atomic mass is 10.2. The molecule has 154 valence electrons. The molecule has 0 aliphatic heterocycles. The van der Waals surface area contributed by atoms with Crippen LogP contribution in [0, 0.1) is 11.6 Å². The van der Waals surface area contributed by atoms with Crippen LogP contribution in [0.5, 0.6) is 0 Å². The number of aromatic nitrogens is 4. The Morgan fingerprint density at radius 2 is 1.61 bits per heavy atom. The lowest BCUT2D eigenvalue weighted by Gasteiger charge is -2.11. The summed E-state index contributed by atoms with van der Waals surface area (Å²) in [6.45, 7) is 0.226. The lowest BCUT2D eigenvalue weighted by Crippen LogP contribution is -2.24. The van der Waals surface area contributed by atoms with Crippen LogP contribution in [-0.2, 0) is 12.3 Å². The molecule has 0 amide bonds. The number of rotatable bonds is 5. The SMILES string of the molecule is O=c1c2ccccc2n2c(SCc3ccccc3F)nnc2n1Cc1ccc(F)cc1. The first-order chi connectivity index (χ1) is 15.1. The molecule has 0 spiro atoms. The maximum atomic E-state index is 14.0. The van der Waals surface area contributed by atoms with Gasteiger partial charge in [0.2, 0.25) is 5.78 Å². The van der Waals surface area contributed by atoms with Gasteiger partial charge in [-0.15, -0.1) is 10.2 Å². The highest BCUT2D eigenvalue weighted by atomic mass is 32.2. The Hall–Kier alpha value is -3.52. The summed E-state index contributed by atoms with van der Waals surface area (Å²) in [4.78, 5) is 13.2. The van der Waals surface area contributed by atoms with Crippen molar-refractivity contribution >= 4 is 28.4 Å². The van der Waals surface area contributed by atoms with E-state index < -0.39 is 0 Å². The normalized spacial score (nSPS) is 11.4. The Morgan fingerprint density at radius 3 is 2.42 bits per heavy atom. The van der Waals surface area contributed by atoms with Gasteiger partial charge in [0, 0.05) is 5.75 Å². The molecular formula is C23H16F2N4OS. The van der Waals surface area contributed by atoms with E-state index in [0.29, 0.717) is 33.2 Å². The highest BCUT2D eigenvalue weighted by molar-refractivity contribution is 7.98. The molecule has 31 heavy (non-hydrogen) atoms. The van der Waals surface area contributed by atoms with Crippen LogP contribution in [-0.4, -0.2) is 19.2 Å². The van der Waals surface area contributed by atoms with Gasteiger partial charge in [0.1, 0.15) is 11.6 Å². The van der Waals surface area contributed by atoms with Gasteiger partial charge in [0.15, 0.2) is 5.16 Å². The average Bonchev–Trinajstić information content (AvgIpc) is 3.21. The highest BCUT2D eigenvalue weighted by Gasteiger charge is 2.17. The summed E-state index contributed by atoms with van der Waals surface area (Å²) in [5.74, 6) is 0.138. The van der Waals surface area contributed by atoms with Gasteiger partial charge < -0.3 is 0 Å². The molecule has 0 bridgehead atoms. The monoisotopic (exact) mass is 434 g/mol. The zero-order chi connectivity index (χ0) is 21.4. The van der Waals surface area contributed by atoms with E-state index >= 15 is 0 Å². The van der Waals surface area contributed by atoms with Gasteiger partial charge in [0.25, 0.3) is 5.56 Å². The van der Waals surface area contributed by atoms with E-state index in [2.05, 4.69) is 10.2 Å². The quantitative estimate of drug-likeness (QED) is 0.378. The summed E-state index contributed by atoms with van der Waals surface area (Å²) in [6.07, 6.45) is 0. The second-order valence-corrected chi connectivity index (χ2v) is 7.98. The number of para-hydroxylation sites is 1. The van der Waals surface area contributed by atoms with E-state index in [1.165, 1.54) is 34.5 Å². The molecule has 3 aromatic carbocycles. The van der Waals surface area contributed by atoms with Crippen LogP contribution in [0.2, 0.25) is 0 Å². The van der Waals surface area contributed by atoms with E-state index in [1.807, 2.05) is 16.5 Å². The van der Waals surface area contributed by atoms with Crippen molar-refractivity contribution in [3.63, 3.8) is 0 Å². The third-order valence-electron chi connectivity index (χ3n) is 5.05. The van der Waals surface area contributed by atoms with Crippen LogP contribution in [0.1, 0.15) is 11.1 Å². The third kappa shape index (κ3) is 3.59. The molecule has 0 fully saturated rings. The molecule has 0 radical (unpaired) electrons. The summed E-state index contributed by atoms with van der Waals surface area (Å²) in [7, 11) is 0. The van der Waals surface area contributed by atoms with Crippen LogP contribution < -0.4 is 5.56 Å². The number of benzene rings is 3. The van der Waals surface area contributed by atoms with Gasteiger partial charge in [-0.3, -0.25) is 13.8 Å². The van der Waals surface area contributed by atoms with Crippen LogP contribution in [0.15, 0.2) is 82.7 Å². The summed E-state index contributed by atoms with van der Waals surface area (Å²) >= 11 is 1.35. The summed E-state index contributed by atoms with van der Waals surface area (Å²) in [5, 5.41) is 9.62. The molecule has 0 atom stereocenters.